The standard InChI is InChI=1S/C32H32ClFN6O4/c1-17(35)23-11-7-18-16-26(30-38-25-15-19(32(43)44-2)14-22(34)28(25)40(30)20-8-9-20)39(29(18)37-23)13-5-3-4-6-24-21(31(41)42)10-12-27(33)36-24/h7,10-12,14-17,20H,3-6,8-9,13,35H2,1-2H3,(H,41,42)/t17-/m1/s1. The summed E-state index contributed by atoms with van der Waals surface area (Å²) >= 11 is 6.03. The summed E-state index contributed by atoms with van der Waals surface area (Å²) in [6.07, 6.45) is 4.54. The molecule has 228 valence electrons. The number of methoxy groups -OCH3 is 1. The molecule has 5 aromatic rings. The molecule has 10 nitrogen and oxygen atoms in total. The molecule has 6 rings (SSSR count). The van der Waals surface area contributed by atoms with Gasteiger partial charge in [-0.1, -0.05) is 18.0 Å². The highest BCUT2D eigenvalue weighted by Crippen LogP contribution is 2.43. The molecule has 3 N–H and O–H groups in total. The second kappa shape index (κ2) is 12.0. The SMILES string of the molecule is COC(=O)c1cc(F)c2c(c1)nc(-c1cc3ccc([C@@H](C)N)nc3n1CCCCCc1nc(Cl)ccc1C(=O)O)n2C1CC1. The van der Waals surface area contributed by atoms with E-state index in [-0.39, 0.29) is 28.4 Å². The Hall–Kier alpha value is -4.35. The molecule has 0 saturated heterocycles. The van der Waals surface area contributed by atoms with Gasteiger partial charge >= 0.3 is 11.9 Å². The molecule has 0 spiro atoms. The van der Waals surface area contributed by atoms with Crippen LogP contribution in [0.15, 0.2) is 42.5 Å². The molecule has 0 aliphatic heterocycles. The van der Waals surface area contributed by atoms with Crippen LogP contribution in [-0.2, 0) is 17.7 Å². The number of carbonyl (C=O) groups is 2. The third-order valence-electron chi connectivity index (χ3n) is 8.00. The highest BCUT2D eigenvalue weighted by atomic mass is 35.5. The van der Waals surface area contributed by atoms with E-state index in [1.165, 1.54) is 25.3 Å². The lowest BCUT2D eigenvalue weighted by molar-refractivity contribution is 0.0599. The predicted octanol–water partition coefficient (Wildman–Crippen LogP) is 6.49. The normalized spacial score (nSPS) is 13.9. The molecular weight excluding hydrogens is 587 g/mol. The smallest absolute Gasteiger partial charge is 0.338 e. The van der Waals surface area contributed by atoms with Crippen molar-refractivity contribution in [3.63, 3.8) is 0 Å². The van der Waals surface area contributed by atoms with E-state index in [1.54, 1.807) is 6.07 Å². The van der Waals surface area contributed by atoms with Gasteiger partial charge in [0, 0.05) is 24.0 Å². The van der Waals surface area contributed by atoms with Crippen LogP contribution in [0.4, 0.5) is 4.39 Å². The van der Waals surface area contributed by atoms with E-state index in [0.29, 0.717) is 41.9 Å². The number of carboxylic acid groups (broad SMARTS) is 1. The maximum absolute atomic E-state index is 15.5. The molecule has 1 aliphatic carbocycles. The number of benzene rings is 1. The Morgan fingerprint density at radius 2 is 1.91 bits per heavy atom. The van der Waals surface area contributed by atoms with E-state index in [4.69, 9.17) is 32.0 Å². The second-order valence-corrected chi connectivity index (χ2v) is 11.6. The molecule has 0 amide bonds. The molecule has 1 aromatic carbocycles. The van der Waals surface area contributed by atoms with Gasteiger partial charge in [-0.2, -0.15) is 0 Å². The number of esters is 1. The average molecular weight is 619 g/mol. The van der Waals surface area contributed by atoms with Crippen LogP contribution in [0.5, 0.6) is 0 Å². The van der Waals surface area contributed by atoms with Gasteiger partial charge in [0.25, 0.3) is 0 Å². The van der Waals surface area contributed by atoms with Crippen molar-refractivity contribution in [2.24, 2.45) is 5.73 Å². The van der Waals surface area contributed by atoms with Crippen LogP contribution < -0.4 is 5.73 Å². The fraction of sp³-hybridized carbons (Fsp3) is 0.344. The lowest BCUT2D eigenvalue weighted by Gasteiger charge is -2.13. The number of nitrogens with zero attached hydrogens (tertiary/aromatic N) is 5. The first-order valence-corrected chi connectivity index (χ1v) is 15.0. The number of carbonyl (C=O) groups excluding carboxylic acids is 1. The first-order chi connectivity index (χ1) is 21.2. The summed E-state index contributed by atoms with van der Waals surface area (Å²) in [6, 6.07) is 11.5. The zero-order chi connectivity index (χ0) is 31.1. The van der Waals surface area contributed by atoms with Crippen LogP contribution in [-0.4, -0.2) is 48.2 Å². The number of pyridine rings is 2. The number of aromatic nitrogens is 5. The molecule has 1 aliphatic rings. The van der Waals surface area contributed by atoms with Crippen LogP contribution in [0.2, 0.25) is 5.15 Å². The molecular formula is C32H32ClFN6O4. The summed E-state index contributed by atoms with van der Waals surface area (Å²) in [5.74, 6) is -1.57. The molecule has 1 fully saturated rings. The Bertz CT molecular complexity index is 1910. The minimum absolute atomic E-state index is 0.0983. The van der Waals surface area contributed by atoms with Crippen LogP contribution in [0.25, 0.3) is 33.6 Å². The van der Waals surface area contributed by atoms with Crippen molar-refractivity contribution in [1.82, 2.24) is 24.1 Å². The molecule has 1 saturated carbocycles. The predicted molar refractivity (Wildman–Crippen MR) is 164 cm³/mol. The quantitative estimate of drug-likeness (QED) is 0.0973. The van der Waals surface area contributed by atoms with E-state index in [9.17, 15) is 14.7 Å². The second-order valence-electron chi connectivity index (χ2n) is 11.2. The molecule has 4 heterocycles. The van der Waals surface area contributed by atoms with E-state index < -0.39 is 17.8 Å². The van der Waals surface area contributed by atoms with Gasteiger partial charge < -0.3 is 24.7 Å². The van der Waals surface area contributed by atoms with Crippen molar-refractivity contribution in [3.8, 4) is 11.5 Å². The van der Waals surface area contributed by atoms with Gasteiger partial charge in [0.15, 0.2) is 5.82 Å². The number of halogens is 2. The topological polar surface area (TPSA) is 138 Å². The van der Waals surface area contributed by atoms with Crippen molar-refractivity contribution in [2.45, 2.75) is 64.1 Å². The van der Waals surface area contributed by atoms with Gasteiger partial charge in [-0.3, -0.25) is 0 Å². The van der Waals surface area contributed by atoms with Crippen LogP contribution in [0, 0.1) is 5.82 Å². The lowest BCUT2D eigenvalue weighted by Crippen LogP contribution is -2.10. The minimum Gasteiger partial charge on any atom is -0.478 e. The number of fused-ring (bicyclic) bond motifs is 2. The molecule has 0 radical (unpaired) electrons. The Labute approximate surface area is 257 Å². The third-order valence-corrected chi connectivity index (χ3v) is 8.21. The van der Waals surface area contributed by atoms with Crippen LogP contribution in [0.3, 0.4) is 0 Å². The maximum atomic E-state index is 15.5. The van der Waals surface area contributed by atoms with Crippen LogP contribution in [0.1, 0.15) is 83.2 Å². The Kier molecular flexibility index (Phi) is 8.08. The number of nitrogens with two attached hydrogens (primary N) is 1. The fourth-order valence-electron chi connectivity index (χ4n) is 5.69. The Balaban J connectivity index is 1.36. The zero-order valence-electron chi connectivity index (χ0n) is 24.4. The van der Waals surface area contributed by atoms with Crippen molar-refractivity contribution in [3.05, 3.63) is 75.9 Å². The summed E-state index contributed by atoms with van der Waals surface area (Å²) in [5, 5.41) is 10.7. The zero-order valence-corrected chi connectivity index (χ0v) is 25.1. The first-order valence-electron chi connectivity index (χ1n) is 14.6. The number of rotatable bonds is 11. The van der Waals surface area contributed by atoms with E-state index in [2.05, 4.69) is 9.55 Å². The summed E-state index contributed by atoms with van der Waals surface area (Å²) in [4.78, 5) is 37.9. The van der Waals surface area contributed by atoms with E-state index in [0.717, 1.165) is 48.1 Å². The molecule has 44 heavy (non-hydrogen) atoms. The highest BCUT2D eigenvalue weighted by Gasteiger charge is 2.32. The van der Waals surface area contributed by atoms with Crippen molar-refractivity contribution in [1.29, 1.82) is 0 Å². The molecule has 0 bridgehead atoms. The average Bonchev–Trinajstić information content (AvgIpc) is 3.66. The minimum atomic E-state index is -1.03. The van der Waals surface area contributed by atoms with Crippen LogP contribution >= 0.6 is 11.6 Å². The Morgan fingerprint density at radius 3 is 2.61 bits per heavy atom. The highest BCUT2D eigenvalue weighted by molar-refractivity contribution is 6.29. The summed E-state index contributed by atoms with van der Waals surface area (Å²) in [5.41, 5.74) is 9.95. The first kappa shape index (κ1) is 29.7. The van der Waals surface area contributed by atoms with Gasteiger partial charge in [0.2, 0.25) is 0 Å². The largest absolute Gasteiger partial charge is 0.478 e. The lowest BCUT2D eigenvalue weighted by atomic mass is 10.1. The summed E-state index contributed by atoms with van der Waals surface area (Å²) < 4.78 is 24.4. The number of imidazole rings is 1. The number of hydrogen-bond acceptors (Lipinski definition) is 7. The van der Waals surface area contributed by atoms with E-state index in [1.807, 2.05) is 29.7 Å². The molecule has 1 atom stereocenters. The van der Waals surface area contributed by atoms with Gasteiger partial charge in [-0.05, 0) is 81.5 Å². The van der Waals surface area contributed by atoms with Gasteiger partial charge in [0.05, 0.1) is 40.8 Å². The van der Waals surface area contributed by atoms with Crippen molar-refractivity contribution < 1.29 is 23.8 Å². The van der Waals surface area contributed by atoms with E-state index >= 15 is 4.39 Å². The summed E-state index contributed by atoms with van der Waals surface area (Å²) in [6.45, 7) is 2.47. The number of hydrogen-bond donors (Lipinski definition) is 2. The third kappa shape index (κ3) is 5.65. The number of aryl methyl sites for hydroxylation is 2. The maximum Gasteiger partial charge on any atom is 0.338 e. The van der Waals surface area contributed by atoms with Crippen molar-refractivity contribution >= 4 is 45.6 Å². The number of aromatic carboxylic acids is 1. The van der Waals surface area contributed by atoms with Crippen molar-refractivity contribution in [2.75, 3.05) is 7.11 Å². The fourth-order valence-corrected chi connectivity index (χ4v) is 5.86. The summed E-state index contributed by atoms with van der Waals surface area (Å²) in [7, 11) is 1.26. The van der Waals surface area contributed by atoms with Gasteiger partial charge in [0.1, 0.15) is 22.1 Å². The monoisotopic (exact) mass is 618 g/mol. The number of unbranched alkanes of at least 4 members (excludes halogenated alkanes) is 2. The van der Waals surface area contributed by atoms with Gasteiger partial charge in [-0.15, -0.1) is 0 Å². The number of ether oxygens (including phenoxy) is 1. The molecule has 4 aromatic heterocycles. The molecule has 12 heteroatoms. The van der Waals surface area contributed by atoms with Gasteiger partial charge in [-0.25, -0.2) is 28.9 Å². The Morgan fingerprint density at radius 1 is 1.11 bits per heavy atom. The molecule has 0 unspecified atom stereocenters. The number of carboxylic acids is 1.